The van der Waals surface area contributed by atoms with Crippen LogP contribution >= 0.6 is 11.6 Å². The predicted molar refractivity (Wildman–Crippen MR) is 202 cm³/mol. The van der Waals surface area contributed by atoms with Gasteiger partial charge in [0.05, 0.1) is 32.6 Å². The lowest BCUT2D eigenvalue weighted by Gasteiger charge is -2.20. The fraction of sp³-hybridized carbons (Fsp3) is 0.263. The number of nitrogens with two attached hydrogens (primary N) is 1. The Labute approximate surface area is 307 Å². The molecule has 13 nitrogen and oxygen atoms in total. The highest BCUT2D eigenvalue weighted by Gasteiger charge is 2.25. The Kier molecular flexibility index (Phi) is 12.7. The van der Waals surface area contributed by atoms with Gasteiger partial charge in [0.2, 0.25) is 5.91 Å². The van der Waals surface area contributed by atoms with E-state index < -0.39 is 17.9 Å². The van der Waals surface area contributed by atoms with Gasteiger partial charge < -0.3 is 31.3 Å². The van der Waals surface area contributed by atoms with E-state index in [1.807, 2.05) is 42.6 Å². The lowest BCUT2D eigenvalue weighted by atomic mass is 9.97. The molecule has 0 saturated carbocycles. The summed E-state index contributed by atoms with van der Waals surface area (Å²) in [4.78, 5) is 27.2. The number of aryl methyl sites for hydroxylation is 1. The quantitative estimate of drug-likeness (QED) is 0.0776. The third-order valence-electron chi connectivity index (χ3n) is 8.28. The molecule has 1 atom stereocenters. The Bertz CT molecular complexity index is 2070. The van der Waals surface area contributed by atoms with Gasteiger partial charge >= 0.3 is 0 Å². The first kappa shape index (κ1) is 37.6. The molecule has 270 valence electrons. The Morgan fingerprint density at radius 1 is 0.981 bits per heavy atom. The molecule has 0 saturated heterocycles. The van der Waals surface area contributed by atoms with Crippen LogP contribution in [-0.2, 0) is 34.3 Å². The van der Waals surface area contributed by atoms with Crippen LogP contribution in [-0.4, -0.2) is 75.3 Å². The average Bonchev–Trinajstić information content (AvgIpc) is 3.78. The lowest BCUT2D eigenvalue weighted by Crippen LogP contribution is -2.45. The number of nitrogens with zero attached hydrogens (tertiary/aromatic N) is 5. The maximum atomic E-state index is 13.8. The number of carbonyl (C=O) groups is 2. The molecule has 1 unspecified atom stereocenters. The molecule has 2 aromatic heterocycles. The van der Waals surface area contributed by atoms with Gasteiger partial charge in [-0.3, -0.25) is 14.3 Å². The molecule has 5 aromatic rings. The van der Waals surface area contributed by atoms with Crippen LogP contribution in [0.4, 0.5) is 5.69 Å². The number of methoxy groups -OCH3 is 1. The summed E-state index contributed by atoms with van der Waals surface area (Å²) in [7, 11) is 3.29. The molecule has 0 fully saturated rings. The number of benzene rings is 3. The zero-order chi connectivity index (χ0) is 37.2. The topological polar surface area (TPSA) is 175 Å². The highest BCUT2D eigenvalue weighted by Crippen LogP contribution is 2.29. The summed E-state index contributed by atoms with van der Waals surface area (Å²) < 4.78 is 13.7. The van der Waals surface area contributed by atoms with E-state index in [-0.39, 0.29) is 6.42 Å². The second-order valence-corrected chi connectivity index (χ2v) is 12.6. The standard InChI is InChI=1S/C38H42ClN9O4/c1-24(40)36(25(2)41)26-8-11-31(12-9-26)43-37(49)33(44-38(50)35-14-15-42-47(35)3)22-30-21-28(10-13-32(30)39)27-6-5-7-29(20-27)34-23-48(46-45-34)16-17-52-19-18-51-4/h5-15,20-21,23,33,40H,16-19,22,41H2,1-4H3,(H,43,49)(H,44,50). The van der Waals surface area contributed by atoms with Gasteiger partial charge in [0.1, 0.15) is 17.4 Å². The Morgan fingerprint density at radius 3 is 2.42 bits per heavy atom. The fourth-order valence-corrected chi connectivity index (χ4v) is 5.85. The van der Waals surface area contributed by atoms with Crippen LogP contribution in [0.1, 0.15) is 35.5 Å². The Balaban J connectivity index is 1.37. The first-order valence-electron chi connectivity index (χ1n) is 16.6. The molecule has 2 heterocycles. The predicted octanol–water partition coefficient (Wildman–Crippen LogP) is 5.37. The number of anilines is 1. The van der Waals surface area contributed by atoms with Crippen LogP contribution in [0.3, 0.4) is 0 Å². The van der Waals surface area contributed by atoms with Crippen molar-refractivity contribution in [1.29, 1.82) is 5.41 Å². The SMILES string of the molecule is COCCOCCn1cc(-c2cccc(-c3ccc(Cl)c(CC(NC(=O)c4ccnn4C)C(=O)Nc4ccc(C(C(C)=N)=C(C)N)cc4)c3)c2)nn1. The van der Waals surface area contributed by atoms with E-state index in [1.54, 1.807) is 69.1 Å². The van der Waals surface area contributed by atoms with Gasteiger partial charge in [0, 0.05) is 60.0 Å². The number of aromatic nitrogens is 5. The van der Waals surface area contributed by atoms with E-state index in [0.29, 0.717) is 71.0 Å². The molecule has 3 aromatic carbocycles. The first-order valence-corrected chi connectivity index (χ1v) is 17.0. The summed E-state index contributed by atoms with van der Waals surface area (Å²) in [6, 6.07) is 21.1. The van der Waals surface area contributed by atoms with Crippen LogP contribution in [0.25, 0.3) is 28.0 Å². The Hall–Kier alpha value is -5.63. The molecule has 52 heavy (non-hydrogen) atoms. The monoisotopic (exact) mass is 723 g/mol. The highest BCUT2D eigenvalue weighted by atomic mass is 35.5. The van der Waals surface area contributed by atoms with Gasteiger partial charge in [-0.2, -0.15) is 5.10 Å². The van der Waals surface area contributed by atoms with E-state index in [0.717, 1.165) is 22.3 Å². The minimum absolute atomic E-state index is 0.104. The number of hydrogen-bond acceptors (Lipinski definition) is 9. The van der Waals surface area contributed by atoms with Crippen LogP contribution in [0.5, 0.6) is 0 Å². The number of ether oxygens (including phenoxy) is 2. The van der Waals surface area contributed by atoms with Gasteiger partial charge in [-0.15, -0.1) is 5.10 Å². The van der Waals surface area contributed by atoms with Crippen LogP contribution in [0, 0.1) is 5.41 Å². The fourth-order valence-electron chi connectivity index (χ4n) is 5.66. The van der Waals surface area contributed by atoms with Crippen LogP contribution in [0.15, 0.2) is 90.9 Å². The highest BCUT2D eigenvalue weighted by molar-refractivity contribution is 6.31. The number of halogens is 1. The third-order valence-corrected chi connectivity index (χ3v) is 8.65. The zero-order valence-corrected chi connectivity index (χ0v) is 30.3. The van der Waals surface area contributed by atoms with E-state index in [9.17, 15) is 9.59 Å². The summed E-state index contributed by atoms with van der Waals surface area (Å²) in [5.41, 5.74) is 13.1. The minimum atomic E-state index is -1.000. The van der Waals surface area contributed by atoms with Gasteiger partial charge in [-0.05, 0) is 72.5 Å². The van der Waals surface area contributed by atoms with Gasteiger partial charge in [-0.1, -0.05) is 53.2 Å². The molecule has 14 heteroatoms. The molecule has 2 amide bonds. The number of allylic oxidation sites excluding steroid dienone is 2. The maximum absolute atomic E-state index is 13.8. The number of nitrogens with one attached hydrogen (secondary N) is 3. The van der Waals surface area contributed by atoms with Crippen molar-refractivity contribution in [3.63, 3.8) is 0 Å². The maximum Gasteiger partial charge on any atom is 0.270 e. The largest absolute Gasteiger partial charge is 0.402 e. The number of carbonyl (C=O) groups excluding carboxylic acids is 2. The number of amides is 2. The van der Waals surface area contributed by atoms with Crippen molar-refractivity contribution in [1.82, 2.24) is 30.1 Å². The lowest BCUT2D eigenvalue weighted by molar-refractivity contribution is -0.118. The van der Waals surface area contributed by atoms with E-state index in [4.69, 9.17) is 32.2 Å². The minimum Gasteiger partial charge on any atom is -0.402 e. The summed E-state index contributed by atoms with van der Waals surface area (Å²) in [6.07, 6.45) is 3.49. The summed E-state index contributed by atoms with van der Waals surface area (Å²) in [5.74, 6) is -0.896. The van der Waals surface area contributed by atoms with Crippen molar-refractivity contribution in [3.8, 4) is 22.4 Å². The summed E-state index contributed by atoms with van der Waals surface area (Å²) in [6.45, 7) is 5.51. The number of rotatable bonds is 16. The molecular weight excluding hydrogens is 682 g/mol. The molecule has 0 aliphatic heterocycles. The van der Waals surface area contributed by atoms with Crippen molar-refractivity contribution in [2.75, 3.05) is 32.2 Å². The second kappa shape index (κ2) is 17.5. The summed E-state index contributed by atoms with van der Waals surface area (Å²) >= 11 is 6.72. The van der Waals surface area contributed by atoms with Crippen LogP contribution < -0.4 is 16.4 Å². The van der Waals surface area contributed by atoms with Crippen molar-refractivity contribution in [2.45, 2.75) is 32.9 Å². The average molecular weight is 724 g/mol. The molecule has 0 radical (unpaired) electrons. The van der Waals surface area contributed by atoms with Crippen molar-refractivity contribution in [3.05, 3.63) is 113 Å². The molecule has 5 N–H and O–H groups in total. The molecule has 0 aliphatic carbocycles. The number of hydrogen-bond donors (Lipinski definition) is 4. The third kappa shape index (κ3) is 9.57. The van der Waals surface area contributed by atoms with Gasteiger partial charge in [-0.25, -0.2) is 4.68 Å². The molecule has 5 rings (SSSR count). The van der Waals surface area contributed by atoms with Gasteiger partial charge in [0.15, 0.2) is 0 Å². The summed E-state index contributed by atoms with van der Waals surface area (Å²) in [5, 5.41) is 27.0. The van der Waals surface area contributed by atoms with E-state index in [2.05, 4.69) is 26.0 Å². The van der Waals surface area contributed by atoms with E-state index >= 15 is 0 Å². The molecule has 0 bridgehead atoms. The van der Waals surface area contributed by atoms with Crippen LogP contribution in [0.2, 0.25) is 5.02 Å². The zero-order valence-electron chi connectivity index (χ0n) is 29.5. The van der Waals surface area contributed by atoms with Gasteiger partial charge in [0.25, 0.3) is 5.91 Å². The normalized spacial score (nSPS) is 12.2. The van der Waals surface area contributed by atoms with Crippen molar-refractivity contribution in [2.24, 2.45) is 12.8 Å². The Morgan fingerprint density at radius 2 is 1.73 bits per heavy atom. The van der Waals surface area contributed by atoms with E-state index in [1.165, 1.54) is 10.9 Å². The van der Waals surface area contributed by atoms with Crippen molar-refractivity contribution >= 4 is 40.4 Å². The smallest absolute Gasteiger partial charge is 0.270 e. The second-order valence-electron chi connectivity index (χ2n) is 12.2. The molecule has 0 aliphatic rings. The van der Waals surface area contributed by atoms with Crippen molar-refractivity contribution < 1.29 is 19.1 Å². The first-order chi connectivity index (χ1) is 25.0. The molecule has 0 spiro atoms. The molecular formula is C38H42ClN9O4.